The lowest BCUT2D eigenvalue weighted by atomic mass is 10.1. The maximum absolute atomic E-state index is 12.8. The van der Waals surface area contributed by atoms with Gasteiger partial charge in [-0.2, -0.15) is 8.78 Å². The molecule has 8 heteroatoms. The van der Waals surface area contributed by atoms with Crippen molar-refractivity contribution in [2.45, 2.75) is 13.1 Å². The number of imidazole rings is 1. The van der Waals surface area contributed by atoms with Crippen molar-refractivity contribution in [3.8, 4) is 11.5 Å². The summed E-state index contributed by atoms with van der Waals surface area (Å²) in [5.41, 5.74) is 0.361. The van der Waals surface area contributed by atoms with Gasteiger partial charge in [-0.05, 0) is 18.2 Å². The molecule has 0 radical (unpaired) electrons. The quantitative estimate of drug-likeness (QED) is 0.819. The summed E-state index contributed by atoms with van der Waals surface area (Å²) in [5, 5.41) is 0. The van der Waals surface area contributed by atoms with Gasteiger partial charge in [0.05, 0.1) is 20.8 Å². The van der Waals surface area contributed by atoms with Gasteiger partial charge in [0.1, 0.15) is 5.82 Å². The molecule has 6 nitrogen and oxygen atoms in total. The van der Waals surface area contributed by atoms with Crippen LogP contribution in [0.4, 0.5) is 8.78 Å². The molecular weight excluding hydrogens is 308 g/mol. The largest absolute Gasteiger partial charge is 0.493 e. The molecule has 0 saturated carbocycles. The van der Waals surface area contributed by atoms with Crippen molar-refractivity contribution in [1.29, 1.82) is 0 Å². The minimum absolute atomic E-state index is 0.0372. The smallest absolute Gasteiger partial charge is 0.319 e. The summed E-state index contributed by atoms with van der Waals surface area (Å²) in [6.45, 7) is -2.73. The van der Waals surface area contributed by atoms with Crippen LogP contribution >= 0.6 is 0 Å². The first-order valence-electron chi connectivity index (χ1n) is 6.75. The minimum atomic E-state index is -2.70. The van der Waals surface area contributed by atoms with Gasteiger partial charge >= 0.3 is 6.55 Å². The van der Waals surface area contributed by atoms with Crippen LogP contribution in [0.15, 0.2) is 30.6 Å². The third-order valence-corrected chi connectivity index (χ3v) is 3.31. The Kier molecular flexibility index (Phi) is 5.15. The number of nitrogens with zero attached hydrogens (tertiary/aromatic N) is 3. The predicted molar refractivity (Wildman–Crippen MR) is 78.8 cm³/mol. The fraction of sp³-hybridized carbons (Fsp3) is 0.333. The van der Waals surface area contributed by atoms with Gasteiger partial charge < -0.3 is 14.4 Å². The summed E-state index contributed by atoms with van der Waals surface area (Å²) in [4.78, 5) is 17.6. The van der Waals surface area contributed by atoms with Crippen LogP contribution in [0, 0.1) is 0 Å². The minimum Gasteiger partial charge on any atom is -0.493 e. The van der Waals surface area contributed by atoms with Crippen molar-refractivity contribution in [1.82, 2.24) is 14.5 Å². The van der Waals surface area contributed by atoms with Gasteiger partial charge in [-0.3, -0.25) is 9.36 Å². The Bertz CT molecular complexity index is 688. The van der Waals surface area contributed by atoms with E-state index >= 15 is 0 Å². The van der Waals surface area contributed by atoms with Crippen LogP contribution in [0.5, 0.6) is 11.5 Å². The molecule has 0 N–H and O–H groups in total. The molecule has 2 aromatic rings. The fourth-order valence-corrected chi connectivity index (χ4v) is 2.12. The Morgan fingerprint density at radius 1 is 1.30 bits per heavy atom. The van der Waals surface area contributed by atoms with E-state index in [9.17, 15) is 13.6 Å². The van der Waals surface area contributed by atoms with Gasteiger partial charge in [-0.25, -0.2) is 4.98 Å². The first kappa shape index (κ1) is 16.7. The molecule has 23 heavy (non-hydrogen) atoms. The van der Waals surface area contributed by atoms with Crippen molar-refractivity contribution in [3.63, 3.8) is 0 Å². The number of carbonyl (C=O) groups is 1. The maximum atomic E-state index is 12.8. The van der Waals surface area contributed by atoms with E-state index in [-0.39, 0.29) is 18.3 Å². The highest BCUT2D eigenvalue weighted by molar-refractivity contribution is 5.94. The highest BCUT2D eigenvalue weighted by atomic mass is 19.3. The van der Waals surface area contributed by atoms with E-state index in [2.05, 4.69) is 4.98 Å². The first-order chi connectivity index (χ1) is 11.0. The number of aromatic nitrogens is 2. The summed E-state index contributed by atoms with van der Waals surface area (Å²) in [7, 11) is 4.48. The fourth-order valence-electron chi connectivity index (χ4n) is 2.12. The van der Waals surface area contributed by atoms with Crippen LogP contribution in [-0.2, 0) is 6.54 Å². The summed E-state index contributed by atoms with van der Waals surface area (Å²) in [6, 6.07) is 4.73. The van der Waals surface area contributed by atoms with E-state index in [1.165, 1.54) is 44.6 Å². The Hall–Kier alpha value is -2.64. The van der Waals surface area contributed by atoms with Crippen molar-refractivity contribution in [2.24, 2.45) is 0 Å². The van der Waals surface area contributed by atoms with E-state index < -0.39 is 6.55 Å². The highest BCUT2D eigenvalue weighted by Gasteiger charge is 2.18. The van der Waals surface area contributed by atoms with Gasteiger partial charge in [0.2, 0.25) is 0 Å². The molecule has 0 spiro atoms. The van der Waals surface area contributed by atoms with Crippen molar-refractivity contribution < 1.29 is 23.0 Å². The maximum Gasteiger partial charge on any atom is 0.319 e. The summed E-state index contributed by atoms with van der Waals surface area (Å²) < 4.78 is 36.6. The summed E-state index contributed by atoms with van der Waals surface area (Å²) >= 11 is 0. The molecule has 0 atom stereocenters. The number of hydrogen-bond acceptors (Lipinski definition) is 4. The Morgan fingerprint density at radius 2 is 2.00 bits per heavy atom. The van der Waals surface area contributed by atoms with Crippen LogP contribution in [0.1, 0.15) is 22.7 Å². The normalized spacial score (nSPS) is 10.7. The van der Waals surface area contributed by atoms with Crippen LogP contribution < -0.4 is 9.47 Å². The molecule has 2 rings (SSSR count). The number of hydrogen-bond donors (Lipinski definition) is 0. The van der Waals surface area contributed by atoms with Gasteiger partial charge in [-0.1, -0.05) is 0 Å². The van der Waals surface area contributed by atoms with E-state index in [1.54, 1.807) is 12.1 Å². The number of rotatable bonds is 6. The van der Waals surface area contributed by atoms with E-state index in [4.69, 9.17) is 9.47 Å². The lowest BCUT2D eigenvalue weighted by Gasteiger charge is -2.18. The van der Waals surface area contributed by atoms with E-state index in [0.717, 1.165) is 4.57 Å². The number of amides is 1. The monoisotopic (exact) mass is 325 g/mol. The molecule has 0 bridgehead atoms. The number of ether oxygens (including phenoxy) is 2. The number of alkyl halides is 2. The molecule has 1 heterocycles. The zero-order chi connectivity index (χ0) is 17.0. The van der Waals surface area contributed by atoms with E-state index in [0.29, 0.717) is 17.1 Å². The van der Waals surface area contributed by atoms with Crippen LogP contribution in [-0.4, -0.2) is 41.6 Å². The zero-order valence-electron chi connectivity index (χ0n) is 13.0. The standard InChI is InChI=1S/C15H17F2N3O3/c1-19(9-13-18-6-7-20(13)15(16)17)14(21)10-4-5-11(22-2)12(8-10)23-3/h4-8,15H,9H2,1-3H3. The summed E-state index contributed by atoms with van der Waals surface area (Å²) in [5.74, 6) is 0.687. The number of carbonyl (C=O) groups excluding carboxylic acids is 1. The zero-order valence-corrected chi connectivity index (χ0v) is 13.0. The molecule has 0 unspecified atom stereocenters. The molecule has 124 valence electrons. The highest BCUT2D eigenvalue weighted by Crippen LogP contribution is 2.28. The van der Waals surface area contributed by atoms with Gasteiger partial charge in [-0.15, -0.1) is 0 Å². The van der Waals surface area contributed by atoms with Crippen LogP contribution in [0.2, 0.25) is 0 Å². The molecule has 0 aliphatic carbocycles. The van der Waals surface area contributed by atoms with Crippen molar-refractivity contribution in [2.75, 3.05) is 21.3 Å². The molecule has 0 fully saturated rings. The molecule has 0 aliphatic heterocycles. The predicted octanol–water partition coefficient (Wildman–Crippen LogP) is 2.57. The lowest BCUT2D eigenvalue weighted by Crippen LogP contribution is -2.27. The topological polar surface area (TPSA) is 56.6 Å². The molecular formula is C15H17F2N3O3. The Morgan fingerprint density at radius 3 is 2.61 bits per heavy atom. The second-order valence-electron chi connectivity index (χ2n) is 4.76. The third-order valence-electron chi connectivity index (χ3n) is 3.31. The molecule has 1 amide bonds. The van der Waals surface area contributed by atoms with Crippen molar-refractivity contribution in [3.05, 3.63) is 42.0 Å². The lowest BCUT2D eigenvalue weighted by molar-refractivity contribution is 0.0612. The Balaban J connectivity index is 2.18. The average molecular weight is 325 g/mol. The molecule has 0 saturated heterocycles. The van der Waals surface area contributed by atoms with Crippen LogP contribution in [0.25, 0.3) is 0 Å². The number of halogens is 2. The third kappa shape index (κ3) is 3.58. The van der Waals surface area contributed by atoms with Gasteiger partial charge in [0.15, 0.2) is 11.5 Å². The van der Waals surface area contributed by atoms with E-state index in [1.807, 2.05) is 0 Å². The SMILES string of the molecule is COc1ccc(C(=O)N(C)Cc2nccn2C(F)F)cc1OC. The second-order valence-corrected chi connectivity index (χ2v) is 4.76. The average Bonchev–Trinajstić information content (AvgIpc) is 3.01. The second kappa shape index (κ2) is 7.08. The number of methoxy groups -OCH3 is 2. The van der Waals surface area contributed by atoms with Crippen LogP contribution in [0.3, 0.4) is 0 Å². The molecule has 1 aromatic heterocycles. The van der Waals surface area contributed by atoms with Crippen molar-refractivity contribution >= 4 is 5.91 Å². The van der Waals surface area contributed by atoms with Gasteiger partial charge in [0.25, 0.3) is 5.91 Å². The van der Waals surface area contributed by atoms with Gasteiger partial charge in [0, 0.05) is 25.0 Å². The molecule has 0 aliphatic rings. The first-order valence-corrected chi connectivity index (χ1v) is 6.75. The number of benzene rings is 1. The Labute approximate surface area is 132 Å². The molecule has 1 aromatic carbocycles. The summed E-state index contributed by atoms with van der Waals surface area (Å²) in [6.07, 6.45) is 2.45.